The highest BCUT2D eigenvalue weighted by molar-refractivity contribution is 6.04. The Morgan fingerprint density at radius 2 is 2.05 bits per heavy atom. The Bertz CT molecular complexity index is 502. The van der Waals surface area contributed by atoms with Crippen molar-refractivity contribution in [2.45, 2.75) is 39.0 Å². The van der Waals surface area contributed by atoms with Gasteiger partial charge in [0, 0.05) is 18.7 Å². The first kappa shape index (κ1) is 15.7. The molecule has 0 aromatic carbocycles. The van der Waals surface area contributed by atoms with Crippen LogP contribution >= 0.6 is 0 Å². The van der Waals surface area contributed by atoms with Gasteiger partial charge in [-0.05, 0) is 6.42 Å². The van der Waals surface area contributed by atoms with Crippen LogP contribution in [-0.4, -0.2) is 21.7 Å². The van der Waals surface area contributed by atoms with Gasteiger partial charge < -0.3 is 0 Å². The van der Waals surface area contributed by atoms with Crippen LogP contribution in [0.2, 0.25) is 0 Å². The quantitative estimate of drug-likeness (QED) is 0.468. The van der Waals surface area contributed by atoms with Crippen LogP contribution in [0.4, 0.5) is 5.69 Å². The molecular weight excluding hydrogens is 262 g/mol. The summed E-state index contributed by atoms with van der Waals surface area (Å²) in [4.78, 5) is 36.8. The van der Waals surface area contributed by atoms with Crippen LogP contribution in [0.25, 0.3) is 0 Å². The lowest BCUT2D eigenvalue weighted by atomic mass is 10.1. The summed E-state index contributed by atoms with van der Waals surface area (Å²) in [6, 6.07) is 1.09. The fourth-order valence-electron chi connectivity index (χ4n) is 1.63. The Morgan fingerprint density at radius 3 is 2.70 bits per heavy atom. The summed E-state index contributed by atoms with van der Waals surface area (Å²) < 4.78 is 0. The number of hydrogen-bond acceptors (Lipinski definition) is 5. The Morgan fingerprint density at radius 1 is 1.30 bits per heavy atom. The predicted molar refractivity (Wildman–Crippen MR) is 72.1 cm³/mol. The zero-order valence-corrected chi connectivity index (χ0v) is 11.3. The largest absolute Gasteiger partial charge is 0.292 e. The molecule has 1 rings (SSSR count). The summed E-state index contributed by atoms with van der Waals surface area (Å²) >= 11 is 0. The number of imide groups is 1. The third-order valence-electron chi connectivity index (χ3n) is 2.71. The second-order valence-corrected chi connectivity index (χ2v) is 4.38. The number of pyridine rings is 1. The lowest BCUT2D eigenvalue weighted by Gasteiger charge is -2.03. The van der Waals surface area contributed by atoms with E-state index < -0.39 is 10.8 Å². The van der Waals surface area contributed by atoms with Crippen molar-refractivity contribution in [1.29, 1.82) is 0 Å². The maximum Gasteiger partial charge on any atom is 0.288 e. The van der Waals surface area contributed by atoms with Crippen LogP contribution in [0.5, 0.6) is 0 Å². The molecule has 0 spiro atoms. The number of aromatic nitrogens is 1. The molecule has 7 nitrogen and oxygen atoms in total. The zero-order valence-electron chi connectivity index (χ0n) is 11.3. The van der Waals surface area contributed by atoms with Gasteiger partial charge in [-0.15, -0.1) is 0 Å². The van der Waals surface area contributed by atoms with E-state index in [1.807, 2.05) is 0 Å². The Kier molecular flexibility index (Phi) is 6.28. The van der Waals surface area contributed by atoms with Crippen molar-refractivity contribution < 1.29 is 14.5 Å². The van der Waals surface area contributed by atoms with Gasteiger partial charge in [0.05, 0.1) is 10.5 Å². The van der Waals surface area contributed by atoms with Crippen LogP contribution in [0.1, 0.15) is 49.4 Å². The van der Waals surface area contributed by atoms with Crippen LogP contribution in [0, 0.1) is 10.1 Å². The van der Waals surface area contributed by atoms with Gasteiger partial charge in [-0.2, -0.15) is 0 Å². The highest BCUT2D eigenvalue weighted by Gasteiger charge is 2.14. The number of nitrogens with zero attached hydrogens (tertiary/aromatic N) is 2. The maximum absolute atomic E-state index is 11.7. The van der Waals surface area contributed by atoms with Crippen LogP contribution < -0.4 is 5.32 Å². The molecule has 0 saturated heterocycles. The van der Waals surface area contributed by atoms with E-state index in [1.165, 1.54) is 6.20 Å². The van der Waals surface area contributed by atoms with Gasteiger partial charge in [-0.25, -0.2) is 0 Å². The van der Waals surface area contributed by atoms with E-state index in [0.717, 1.165) is 37.9 Å². The molecule has 0 saturated carbocycles. The number of unbranched alkanes of at least 4 members (excludes halogenated alkanes) is 3. The van der Waals surface area contributed by atoms with Gasteiger partial charge in [-0.1, -0.05) is 26.2 Å². The highest BCUT2D eigenvalue weighted by Crippen LogP contribution is 2.11. The summed E-state index contributed by atoms with van der Waals surface area (Å²) in [6.07, 6.45) is 6.29. The highest BCUT2D eigenvalue weighted by atomic mass is 16.6. The fraction of sp³-hybridized carbons (Fsp3) is 0.462. The number of nitro groups is 1. The Balaban J connectivity index is 2.51. The SMILES string of the molecule is CCCCCCC(=O)NC(=O)c1cncc([N+](=O)[O-])c1. The molecular formula is C13H17N3O4. The van der Waals surface area contributed by atoms with Gasteiger partial charge in [0.1, 0.15) is 6.20 Å². The molecule has 0 unspecified atom stereocenters. The van der Waals surface area contributed by atoms with Gasteiger partial charge in [0.2, 0.25) is 5.91 Å². The van der Waals surface area contributed by atoms with E-state index in [2.05, 4.69) is 17.2 Å². The molecule has 20 heavy (non-hydrogen) atoms. The van der Waals surface area contributed by atoms with Crippen LogP contribution in [-0.2, 0) is 4.79 Å². The van der Waals surface area contributed by atoms with Crippen LogP contribution in [0.15, 0.2) is 18.5 Å². The molecule has 0 aliphatic heterocycles. The van der Waals surface area contributed by atoms with Crippen molar-refractivity contribution in [2.75, 3.05) is 0 Å². The molecule has 0 aliphatic carbocycles. The van der Waals surface area contributed by atoms with E-state index in [-0.39, 0.29) is 23.6 Å². The summed E-state index contributed by atoms with van der Waals surface area (Å²) in [7, 11) is 0. The minimum Gasteiger partial charge on any atom is -0.292 e. The number of rotatable bonds is 7. The average molecular weight is 279 g/mol. The fourth-order valence-corrected chi connectivity index (χ4v) is 1.63. The second kappa shape index (κ2) is 7.98. The first-order valence-electron chi connectivity index (χ1n) is 6.48. The summed E-state index contributed by atoms with van der Waals surface area (Å²) in [6.45, 7) is 2.07. The number of amides is 2. The molecule has 0 bridgehead atoms. The predicted octanol–water partition coefficient (Wildman–Crippen LogP) is 2.22. The van der Waals surface area contributed by atoms with Gasteiger partial charge in [-0.3, -0.25) is 30.0 Å². The molecule has 0 radical (unpaired) electrons. The third kappa shape index (κ3) is 5.13. The lowest BCUT2D eigenvalue weighted by Crippen LogP contribution is -2.30. The molecule has 0 fully saturated rings. The molecule has 108 valence electrons. The normalized spacial score (nSPS) is 10.1. The molecule has 2 amide bonds. The van der Waals surface area contributed by atoms with Crippen molar-refractivity contribution in [3.05, 3.63) is 34.1 Å². The smallest absolute Gasteiger partial charge is 0.288 e. The molecule has 0 atom stereocenters. The molecule has 1 aromatic heterocycles. The van der Waals surface area contributed by atoms with E-state index in [9.17, 15) is 19.7 Å². The topological polar surface area (TPSA) is 102 Å². The third-order valence-corrected chi connectivity index (χ3v) is 2.71. The number of carbonyl (C=O) groups is 2. The number of carbonyl (C=O) groups excluding carboxylic acids is 2. The second-order valence-electron chi connectivity index (χ2n) is 4.38. The van der Waals surface area contributed by atoms with Gasteiger partial charge >= 0.3 is 0 Å². The molecule has 0 aliphatic rings. The van der Waals surface area contributed by atoms with Crippen molar-refractivity contribution in [3.63, 3.8) is 0 Å². The van der Waals surface area contributed by atoms with E-state index in [1.54, 1.807) is 0 Å². The Labute approximate surface area is 116 Å². The van der Waals surface area contributed by atoms with E-state index >= 15 is 0 Å². The summed E-state index contributed by atoms with van der Waals surface area (Å²) in [5.41, 5.74) is -0.283. The zero-order chi connectivity index (χ0) is 15.0. The van der Waals surface area contributed by atoms with E-state index in [4.69, 9.17) is 0 Å². The van der Waals surface area contributed by atoms with Crippen LogP contribution in [0.3, 0.4) is 0 Å². The van der Waals surface area contributed by atoms with Crippen molar-refractivity contribution in [2.24, 2.45) is 0 Å². The molecule has 1 N–H and O–H groups in total. The molecule has 1 heterocycles. The lowest BCUT2D eigenvalue weighted by molar-refractivity contribution is -0.385. The monoisotopic (exact) mass is 279 g/mol. The van der Waals surface area contributed by atoms with E-state index in [0.29, 0.717) is 0 Å². The van der Waals surface area contributed by atoms with Crippen molar-refractivity contribution >= 4 is 17.5 Å². The number of nitrogens with one attached hydrogen (secondary N) is 1. The van der Waals surface area contributed by atoms with Crippen molar-refractivity contribution in [3.8, 4) is 0 Å². The minimum atomic E-state index is -0.665. The molecule has 7 heteroatoms. The van der Waals surface area contributed by atoms with Gasteiger partial charge in [0.15, 0.2) is 0 Å². The summed E-state index contributed by atoms with van der Waals surface area (Å²) in [5.74, 6) is -1.04. The first-order chi connectivity index (χ1) is 9.54. The molecule has 1 aromatic rings. The van der Waals surface area contributed by atoms with Crippen molar-refractivity contribution in [1.82, 2.24) is 10.3 Å². The minimum absolute atomic E-state index is 0.00103. The average Bonchev–Trinajstić information content (AvgIpc) is 2.43. The summed E-state index contributed by atoms with van der Waals surface area (Å²) in [5, 5.41) is 12.8. The standard InChI is InChI=1S/C13H17N3O4/c1-2-3-4-5-6-12(17)15-13(18)10-7-11(16(19)20)9-14-8-10/h7-9H,2-6H2,1H3,(H,15,17,18). The van der Waals surface area contributed by atoms with Gasteiger partial charge in [0.25, 0.3) is 11.6 Å². The Hall–Kier alpha value is -2.31. The number of hydrogen-bond donors (Lipinski definition) is 1. The first-order valence-corrected chi connectivity index (χ1v) is 6.48. The maximum atomic E-state index is 11.7.